The molecule has 0 radical (unpaired) electrons. The van der Waals surface area contributed by atoms with E-state index in [2.05, 4.69) is 15.2 Å². The molecule has 2 aromatic carbocycles. The van der Waals surface area contributed by atoms with Crippen LogP contribution in [0.2, 0.25) is 5.02 Å². The molecule has 0 saturated carbocycles. The number of hydrogen-bond acceptors (Lipinski definition) is 7. The molecule has 0 spiro atoms. The zero-order valence-corrected chi connectivity index (χ0v) is 21.7. The molecule has 5 rings (SSSR count). The number of nitrogens with zero attached hydrogens (tertiary/aromatic N) is 7. The number of alkyl halides is 3. The standard InChI is InChI=1S/C24H21ClF3N7O3S/c25-16-7-5-15(6-8-16)21-31-34(23(38)33(21)11-19(36)24(26,27)28)12-20-29-13-35(30-20)18-4-2-1-3-17(18)22(37)32-9-10-39-14-32/h1-8,13,19,36H,9-12,14H2. The minimum Gasteiger partial charge on any atom is -0.382 e. The number of aliphatic hydroxyl groups excluding tert-OH is 1. The molecule has 0 bridgehead atoms. The van der Waals surface area contributed by atoms with Crippen molar-refractivity contribution >= 4 is 29.3 Å². The fourth-order valence-electron chi connectivity index (χ4n) is 4.02. The Balaban J connectivity index is 1.46. The summed E-state index contributed by atoms with van der Waals surface area (Å²) in [5, 5.41) is 18.6. The Kier molecular flexibility index (Phi) is 7.51. The van der Waals surface area contributed by atoms with Gasteiger partial charge in [0.25, 0.3) is 5.91 Å². The predicted octanol–water partition coefficient (Wildman–Crippen LogP) is 3.06. The summed E-state index contributed by atoms with van der Waals surface area (Å²) in [6.07, 6.45) is -6.33. The first-order valence-corrected chi connectivity index (χ1v) is 13.2. The number of para-hydroxylation sites is 1. The van der Waals surface area contributed by atoms with Crippen LogP contribution in [-0.2, 0) is 13.1 Å². The van der Waals surface area contributed by atoms with Crippen LogP contribution in [0.3, 0.4) is 0 Å². The molecule has 2 aromatic heterocycles. The number of aromatic nitrogens is 6. The number of carbonyl (C=O) groups excluding carboxylic acids is 1. The number of amides is 1. The minimum atomic E-state index is -4.93. The van der Waals surface area contributed by atoms with E-state index in [4.69, 9.17) is 11.6 Å². The monoisotopic (exact) mass is 579 g/mol. The van der Waals surface area contributed by atoms with Crippen LogP contribution in [0.15, 0.2) is 59.7 Å². The van der Waals surface area contributed by atoms with Gasteiger partial charge in [-0.1, -0.05) is 23.7 Å². The molecule has 1 atom stereocenters. The van der Waals surface area contributed by atoms with E-state index in [1.54, 1.807) is 40.9 Å². The van der Waals surface area contributed by atoms with Crippen molar-refractivity contribution in [3.8, 4) is 17.1 Å². The molecule has 1 unspecified atom stereocenters. The highest BCUT2D eigenvalue weighted by Gasteiger charge is 2.39. The van der Waals surface area contributed by atoms with E-state index < -0.39 is 24.5 Å². The van der Waals surface area contributed by atoms with Crippen LogP contribution in [0.1, 0.15) is 16.2 Å². The molecule has 1 saturated heterocycles. The molecule has 1 N–H and O–H groups in total. The predicted molar refractivity (Wildman–Crippen MR) is 138 cm³/mol. The Hall–Kier alpha value is -3.62. The van der Waals surface area contributed by atoms with Crippen molar-refractivity contribution in [3.05, 3.63) is 81.8 Å². The smallest absolute Gasteiger partial charge is 0.382 e. The maximum atomic E-state index is 13.1. The lowest BCUT2D eigenvalue weighted by atomic mass is 10.1. The number of thioether (sulfide) groups is 1. The van der Waals surface area contributed by atoms with E-state index >= 15 is 0 Å². The number of benzene rings is 2. The van der Waals surface area contributed by atoms with E-state index in [0.717, 1.165) is 15.0 Å². The topological polar surface area (TPSA) is 111 Å². The van der Waals surface area contributed by atoms with Gasteiger partial charge in [0.1, 0.15) is 12.9 Å². The van der Waals surface area contributed by atoms with Crippen LogP contribution in [0.5, 0.6) is 0 Å². The maximum absolute atomic E-state index is 13.1. The Bertz CT molecular complexity index is 1550. The third kappa shape index (κ3) is 5.72. The summed E-state index contributed by atoms with van der Waals surface area (Å²) >= 11 is 7.59. The molecular formula is C24H21ClF3N7O3S. The molecule has 1 fully saturated rings. The normalized spacial score (nSPS) is 14.6. The zero-order valence-electron chi connectivity index (χ0n) is 20.1. The average molecular weight is 580 g/mol. The lowest BCUT2D eigenvalue weighted by Crippen LogP contribution is -2.37. The second-order valence-corrected chi connectivity index (χ2v) is 10.2. The fraction of sp³-hybridized carbons (Fsp3) is 0.292. The molecule has 10 nitrogen and oxygen atoms in total. The van der Waals surface area contributed by atoms with Crippen molar-refractivity contribution < 1.29 is 23.1 Å². The number of rotatable bonds is 7. The second-order valence-electron chi connectivity index (χ2n) is 8.67. The Labute approximate surface area is 228 Å². The van der Waals surface area contributed by atoms with Crippen LogP contribution in [0, 0.1) is 0 Å². The van der Waals surface area contributed by atoms with Gasteiger partial charge in [-0.15, -0.1) is 22.0 Å². The zero-order chi connectivity index (χ0) is 27.7. The molecule has 4 aromatic rings. The third-order valence-corrected chi connectivity index (χ3v) is 7.23. The van der Waals surface area contributed by atoms with Gasteiger partial charge in [-0.05, 0) is 36.4 Å². The Morgan fingerprint density at radius 1 is 1.13 bits per heavy atom. The summed E-state index contributed by atoms with van der Waals surface area (Å²) in [6, 6.07) is 12.9. The summed E-state index contributed by atoms with van der Waals surface area (Å²) in [4.78, 5) is 32.1. The van der Waals surface area contributed by atoms with Crippen LogP contribution in [0.25, 0.3) is 17.1 Å². The number of halogens is 4. The molecular weight excluding hydrogens is 559 g/mol. The molecule has 1 amide bonds. The van der Waals surface area contributed by atoms with Gasteiger partial charge in [0.15, 0.2) is 17.8 Å². The summed E-state index contributed by atoms with van der Waals surface area (Å²) in [5.74, 6) is 1.37. The molecule has 3 heterocycles. The van der Waals surface area contributed by atoms with Gasteiger partial charge >= 0.3 is 11.9 Å². The number of hydrogen-bond donors (Lipinski definition) is 1. The lowest BCUT2D eigenvalue weighted by Gasteiger charge is -2.16. The Morgan fingerprint density at radius 3 is 2.56 bits per heavy atom. The van der Waals surface area contributed by atoms with Crippen molar-refractivity contribution in [1.29, 1.82) is 0 Å². The first-order chi connectivity index (χ1) is 18.6. The second kappa shape index (κ2) is 10.9. The molecule has 15 heteroatoms. The van der Waals surface area contributed by atoms with Gasteiger partial charge < -0.3 is 10.0 Å². The van der Waals surface area contributed by atoms with Crippen molar-refractivity contribution in [1.82, 2.24) is 34.0 Å². The highest BCUT2D eigenvalue weighted by molar-refractivity contribution is 7.99. The molecule has 1 aliphatic rings. The fourth-order valence-corrected chi connectivity index (χ4v) is 5.09. The quantitative estimate of drug-likeness (QED) is 0.358. The van der Waals surface area contributed by atoms with Crippen LogP contribution >= 0.6 is 23.4 Å². The first-order valence-electron chi connectivity index (χ1n) is 11.7. The van der Waals surface area contributed by atoms with Crippen LogP contribution in [-0.4, -0.2) is 75.5 Å². The van der Waals surface area contributed by atoms with Gasteiger partial charge in [-0.2, -0.15) is 13.2 Å². The molecule has 204 valence electrons. The number of carbonyl (C=O) groups is 1. The van der Waals surface area contributed by atoms with Crippen molar-refractivity contribution in [2.45, 2.75) is 25.4 Å². The molecule has 39 heavy (non-hydrogen) atoms. The number of aliphatic hydroxyl groups is 1. The van der Waals surface area contributed by atoms with Crippen molar-refractivity contribution in [2.24, 2.45) is 0 Å². The molecule has 1 aliphatic heterocycles. The van der Waals surface area contributed by atoms with Crippen LogP contribution in [0.4, 0.5) is 13.2 Å². The van der Waals surface area contributed by atoms with Crippen molar-refractivity contribution in [2.75, 3.05) is 18.2 Å². The highest BCUT2D eigenvalue weighted by Crippen LogP contribution is 2.24. The third-order valence-electron chi connectivity index (χ3n) is 6.01. The van der Waals surface area contributed by atoms with E-state index in [1.165, 1.54) is 35.3 Å². The summed E-state index contributed by atoms with van der Waals surface area (Å²) < 4.78 is 42.4. The van der Waals surface area contributed by atoms with E-state index in [-0.39, 0.29) is 24.1 Å². The lowest BCUT2D eigenvalue weighted by molar-refractivity contribution is -0.207. The van der Waals surface area contributed by atoms with E-state index in [0.29, 0.717) is 34.3 Å². The van der Waals surface area contributed by atoms with Gasteiger partial charge in [0.2, 0.25) is 0 Å². The van der Waals surface area contributed by atoms with Crippen LogP contribution < -0.4 is 5.69 Å². The van der Waals surface area contributed by atoms with E-state index in [9.17, 15) is 27.9 Å². The summed E-state index contributed by atoms with van der Waals surface area (Å²) in [6.45, 7) is -0.669. The largest absolute Gasteiger partial charge is 0.416 e. The van der Waals surface area contributed by atoms with Gasteiger partial charge in [0.05, 0.1) is 23.7 Å². The van der Waals surface area contributed by atoms with Gasteiger partial charge in [-0.25, -0.2) is 19.1 Å². The van der Waals surface area contributed by atoms with E-state index in [1.807, 2.05) is 0 Å². The average Bonchev–Trinajstić information content (AvgIpc) is 3.67. The Morgan fingerprint density at radius 2 is 1.87 bits per heavy atom. The highest BCUT2D eigenvalue weighted by atomic mass is 35.5. The SMILES string of the molecule is O=C(c1ccccc1-n1cnc(Cn2nc(-c3ccc(Cl)cc3)n(CC(O)C(F)(F)F)c2=O)n1)N1CCSC1. The minimum absolute atomic E-state index is 0.0844. The summed E-state index contributed by atoms with van der Waals surface area (Å²) in [7, 11) is 0. The maximum Gasteiger partial charge on any atom is 0.416 e. The van der Waals surface area contributed by atoms with Crippen molar-refractivity contribution in [3.63, 3.8) is 0 Å². The van der Waals surface area contributed by atoms with Gasteiger partial charge in [0, 0.05) is 22.9 Å². The summed E-state index contributed by atoms with van der Waals surface area (Å²) in [5.41, 5.74) is 0.368. The van der Waals surface area contributed by atoms with Gasteiger partial charge in [-0.3, -0.25) is 9.36 Å². The molecule has 0 aliphatic carbocycles. The first kappa shape index (κ1) is 27.0.